The normalized spacial score (nSPS) is 11.3. The van der Waals surface area contributed by atoms with Crippen LogP contribution in [0.3, 0.4) is 0 Å². The molecule has 2 N–H and O–H groups in total. The third-order valence-electron chi connectivity index (χ3n) is 7.45. The number of anilines is 1. The van der Waals surface area contributed by atoms with E-state index in [0.717, 1.165) is 24.0 Å². The van der Waals surface area contributed by atoms with Gasteiger partial charge in [-0.2, -0.15) is 0 Å². The lowest BCUT2D eigenvalue weighted by Crippen LogP contribution is -2.40. The highest BCUT2D eigenvalue weighted by molar-refractivity contribution is 5.95. The molecule has 1 heterocycles. The number of para-hydroxylation sites is 2. The van der Waals surface area contributed by atoms with E-state index in [1.807, 2.05) is 28.8 Å². The topological polar surface area (TPSA) is 95.0 Å². The van der Waals surface area contributed by atoms with Gasteiger partial charge < -0.3 is 0 Å². The number of aryl methyl sites for hydroxylation is 1. The maximum absolute atomic E-state index is 12.9. The van der Waals surface area contributed by atoms with Crippen molar-refractivity contribution in [3.63, 3.8) is 0 Å². The molecule has 206 valence electrons. The summed E-state index contributed by atoms with van der Waals surface area (Å²) in [6, 6.07) is 13.7. The fraction of sp³-hybridized carbons (Fsp3) is 0.548. The molecule has 1 aromatic heterocycles. The number of non-ortho nitro benzene ring substituents is 1. The van der Waals surface area contributed by atoms with Crippen LogP contribution in [0.5, 0.6) is 0 Å². The third kappa shape index (κ3) is 8.67. The summed E-state index contributed by atoms with van der Waals surface area (Å²) in [5.41, 5.74) is 8.90. The van der Waals surface area contributed by atoms with Crippen LogP contribution in [0.1, 0.15) is 107 Å². The zero-order valence-electron chi connectivity index (χ0n) is 23.1. The Morgan fingerprint density at radius 2 is 1.34 bits per heavy atom. The molecule has 7 heteroatoms. The molecule has 0 bridgehead atoms. The molecule has 0 aliphatic rings. The molecule has 0 aliphatic carbocycles. The van der Waals surface area contributed by atoms with Crippen LogP contribution < -0.4 is 10.3 Å². The highest BCUT2D eigenvalue weighted by Crippen LogP contribution is 2.19. The van der Waals surface area contributed by atoms with Gasteiger partial charge in [-0.3, -0.25) is 20.6 Å². The first-order valence-electron chi connectivity index (χ1n) is 14.6. The number of ketones is 1. The van der Waals surface area contributed by atoms with Gasteiger partial charge in [-0.25, -0.2) is 9.13 Å². The van der Waals surface area contributed by atoms with Gasteiger partial charge in [0.15, 0.2) is 5.78 Å². The minimum Gasteiger partial charge on any atom is -0.291 e. The van der Waals surface area contributed by atoms with Gasteiger partial charge in [0.1, 0.15) is 17.6 Å². The lowest BCUT2D eigenvalue weighted by atomic mass is 10.0. The number of aromatic nitrogens is 2. The molecular weight excluding hydrogens is 476 g/mol. The Morgan fingerprint density at radius 1 is 0.816 bits per heavy atom. The molecule has 0 fully saturated rings. The monoisotopic (exact) mass is 521 g/mol. The number of carbonyl (C=O) groups excluding carboxylic acids is 1. The molecule has 0 spiro atoms. The second kappa shape index (κ2) is 15.9. The highest BCUT2D eigenvalue weighted by Gasteiger charge is 2.23. The maximum Gasteiger partial charge on any atom is 0.356 e. The second-order valence-corrected chi connectivity index (χ2v) is 10.4. The minimum absolute atomic E-state index is 0.0292. The molecule has 0 unspecified atom stereocenters. The predicted octanol–water partition coefficient (Wildman–Crippen LogP) is 7.78. The number of benzene rings is 2. The molecule has 38 heavy (non-hydrogen) atoms. The van der Waals surface area contributed by atoms with Crippen LogP contribution in [0.15, 0.2) is 48.5 Å². The molecule has 3 rings (SSSR count). The number of imidazole rings is 1. The van der Waals surface area contributed by atoms with E-state index in [9.17, 15) is 14.9 Å². The van der Waals surface area contributed by atoms with Gasteiger partial charge in [-0.15, -0.1) is 0 Å². The van der Waals surface area contributed by atoms with Gasteiger partial charge in [0.05, 0.1) is 11.5 Å². The number of nitrogens with zero attached hydrogens (tertiary/aromatic N) is 3. The van der Waals surface area contributed by atoms with Gasteiger partial charge in [0.2, 0.25) is 0 Å². The molecule has 2 aromatic carbocycles. The summed E-state index contributed by atoms with van der Waals surface area (Å²) in [5.74, 6) is 0.437. The molecular formula is C31H45N4O3+. The average molecular weight is 522 g/mol. The van der Waals surface area contributed by atoms with Crippen molar-refractivity contribution in [3.8, 4) is 0 Å². The number of rotatable bonds is 19. The summed E-state index contributed by atoms with van der Waals surface area (Å²) >= 11 is 0. The van der Waals surface area contributed by atoms with Crippen LogP contribution in [-0.4, -0.2) is 15.3 Å². The van der Waals surface area contributed by atoms with Crippen molar-refractivity contribution in [2.24, 2.45) is 0 Å². The number of hydrogen-bond donors (Lipinski definition) is 1. The zero-order chi connectivity index (χ0) is 27.2. The Labute approximate surface area is 227 Å². The number of nitro benzene ring substituents is 1. The van der Waals surface area contributed by atoms with Gasteiger partial charge in [0.25, 0.3) is 5.69 Å². The van der Waals surface area contributed by atoms with Gasteiger partial charge >= 0.3 is 5.95 Å². The van der Waals surface area contributed by atoms with Crippen molar-refractivity contribution in [2.75, 3.05) is 5.73 Å². The quantitative estimate of drug-likeness (QED) is 0.0573. The third-order valence-corrected chi connectivity index (χ3v) is 7.45. The van der Waals surface area contributed by atoms with E-state index in [4.69, 9.17) is 5.73 Å². The van der Waals surface area contributed by atoms with E-state index >= 15 is 0 Å². The largest absolute Gasteiger partial charge is 0.356 e. The summed E-state index contributed by atoms with van der Waals surface area (Å²) in [6.45, 7) is 3.18. The van der Waals surface area contributed by atoms with Crippen LogP contribution >= 0.6 is 0 Å². The Morgan fingerprint density at radius 3 is 1.89 bits per heavy atom. The standard InChI is InChI=1S/C31H44N4O3/c1-2-3-4-5-6-7-8-9-10-11-12-13-14-17-24-33-28-18-15-16-19-29(28)34(31(33)32)25-30(36)26-20-22-27(23-21-26)35(37)38/h15-16,18-23,32H,2-14,17,24-25H2,1H3/p+1. The lowest BCUT2D eigenvalue weighted by Gasteiger charge is -2.04. The average Bonchev–Trinajstić information content (AvgIpc) is 3.19. The van der Waals surface area contributed by atoms with Crippen molar-refractivity contribution >= 4 is 28.5 Å². The Kier molecular flexibility index (Phi) is 12.3. The molecule has 7 nitrogen and oxygen atoms in total. The van der Waals surface area contributed by atoms with E-state index < -0.39 is 4.92 Å². The Bertz CT molecular complexity index is 1150. The van der Waals surface area contributed by atoms with Crippen LogP contribution in [0.25, 0.3) is 11.0 Å². The fourth-order valence-corrected chi connectivity index (χ4v) is 5.18. The van der Waals surface area contributed by atoms with Crippen molar-refractivity contribution in [1.29, 1.82) is 0 Å². The highest BCUT2D eigenvalue weighted by atomic mass is 16.6. The molecule has 3 aromatic rings. The number of nitro groups is 1. The number of nitrogens with two attached hydrogens (primary N) is 1. The van der Waals surface area contributed by atoms with Crippen LogP contribution in [0, 0.1) is 10.1 Å². The van der Waals surface area contributed by atoms with E-state index in [0.29, 0.717) is 11.5 Å². The molecule has 0 atom stereocenters. The van der Waals surface area contributed by atoms with Crippen molar-refractivity contribution < 1.29 is 14.3 Å². The molecule has 0 radical (unpaired) electrons. The Balaban J connectivity index is 1.43. The van der Waals surface area contributed by atoms with Gasteiger partial charge in [-0.1, -0.05) is 103 Å². The van der Waals surface area contributed by atoms with Crippen LogP contribution in [0.4, 0.5) is 11.6 Å². The Hall–Kier alpha value is -3.22. The predicted molar refractivity (Wildman–Crippen MR) is 154 cm³/mol. The molecule has 0 amide bonds. The van der Waals surface area contributed by atoms with E-state index in [1.54, 1.807) is 0 Å². The SMILES string of the molecule is CCCCCCCCCCCCCCCCn1c(N)[n+](CC(=O)c2ccc([N+](=O)[O-])cc2)c2ccccc21. The second-order valence-electron chi connectivity index (χ2n) is 10.4. The summed E-state index contributed by atoms with van der Waals surface area (Å²) in [6.07, 6.45) is 18.5. The zero-order valence-corrected chi connectivity index (χ0v) is 23.1. The lowest BCUT2D eigenvalue weighted by molar-refractivity contribution is -0.642. The first kappa shape index (κ1) is 29.3. The summed E-state index contributed by atoms with van der Waals surface area (Å²) in [5, 5.41) is 10.9. The summed E-state index contributed by atoms with van der Waals surface area (Å²) in [7, 11) is 0. The van der Waals surface area contributed by atoms with Crippen molar-refractivity contribution in [2.45, 2.75) is 110 Å². The first-order valence-corrected chi connectivity index (χ1v) is 14.6. The van der Waals surface area contributed by atoms with E-state index in [1.165, 1.54) is 108 Å². The summed E-state index contributed by atoms with van der Waals surface area (Å²) < 4.78 is 3.96. The van der Waals surface area contributed by atoms with Crippen molar-refractivity contribution in [3.05, 3.63) is 64.2 Å². The van der Waals surface area contributed by atoms with E-state index in [2.05, 4.69) is 11.5 Å². The number of Topliss-reactive ketones (excluding diaryl/α,β-unsaturated/α-hetero) is 1. The number of unbranched alkanes of at least 4 members (excludes halogenated alkanes) is 13. The number of hydrogen-bond acceptors (Lipinski definition) is 4. The summed E-state index contributed by atoms with van der Waals surface area (Å²) in [4.78, 5) is 23.4. The minimum atomic E-state index is -0.466. The maximum atomic E-state index is 12.9. The number of nitrogen functional groups attached to an aromatic ring is 1. The fourth-order valence-electron chi connectivity index (χ4n) is 5.18. The van der Waals surface area contributed by atoms with Gasteiger partial charge in [-0.05, 0) is 30.7 Å². The smallest absolute Gasteiger partial charge is 0.291 e. The van der Waals surface area contributed by atoms with Crippen LogP contribution in [-0.2, 0) is 13.1 Å². The van der Waals surface area contributed by atoms with Crippen LogP contribution in [0.2, 0.25) is 0 Å². The van der Waals surface area contributed by atoms with Crippen molar-refractivity contribution in [1.82, 2.24) is 4.57 Å². The molecule has 0 aliphatic heterocycles. The van der Waals surface area contributed by atoms with E-state index in [-0.39, 0.29) is 18.0 Å². The molecule has 0 saturated heterocycles. The molecule has 0 saturated carbocycles. The van der Waals surface area contributed by atoms with Gasteiger partial charge in [0, 0.05) is 17.7 Å². The number of fused-ring (bicyclic) bond motifs is 1. The number of carbonyl (C=O) groups is 1. The first-order chi connectivity index (χ1) is 18.5.